The minimum atomic E-state index is -4.50. The molecular formula is C15H16F3N3O2. The Labute approximate surface area is 130 Å². The maximum Gasteiger partial charge on any atom is 0.405 e. The molecule has 23 heavy (non-hydrogen) atoms. The number of amides is 3. The normalized spacial score (nSPS) is 22.7. The number of nitrogens with one attached hydrogen (secondary N) is 2. The number of urea groups is 1. The molecule has 0 saturated carbocycles. The summed E-state index contributed by atoms with van der Waals surface area (Å²) in [5.41, 5.74) is 2.39. The Kier molecular flexibility index (Phi) is 4.01. The molecule has 124 valence electrons. The number of halogens is 3. The molecule has 1 fully saturated rings. The van der Waals surface area contributed by atoms with E-state index in [-0.39, 0.29) is 18.6 Å². The van der Waals surface area contributed by atoms with Crippen LogP contribution in [0.5, 0.6) is 0 Å². The molecule has 1 aromatic rings. The minimum Gasteiger partial charge on any atom is -0.329 e. The third kappa shape index (κ3) is 3.31. The highest BCUT2D eigenvalue weighted by molar-refractivity contribution is 5.95. The molecule has 0 aromatic heterocycles. The Balaban J connectivity index is 1.55. The summed E-state index contributed by atoms with van der Waals surface area (Å²) in [6, 6.07) is 7.10. The van der Waals surface area contributed by atoms with E-state index in [2.05, 4.69) is 0 Å². The lowest BCUT2D eigenvalue weighted by atomic mass is 9.92. The average molecular weight is 327 g/mol. The molecule has 2 aliphatic heterocycles. The lowest BCUT2D eigenvalue weighted by molar-refractivity contribution is -0.125. The van der Waals surface area contributed by atoms with Crippen LogP contribution in [0.15, 0.2) is 24.3 Å². The second-order valence-electron chi connectivity index (χ2n) is 5.76. The molecule has 0 radical (unpaired) electrons. The fraction of sp³-hybridized carbons (Fsp3) is 0.467. The van der Waals surface area contributed by atoms with Crippen LogP contribution in [-0.4, -0.2) is 36.1 Å². The zero-order valence-corrected chi connectivity index (χ0v) is 12.2. The Morgan fingerprint density at radius 3 is 2.22 bits per heavy atom. The van der Waals surface area contributed by atoms with E-state index in [9.17, 15) is 22.8 Å². The van der Waals surface area contributed by atoms with E-state index >= 15 is 0 Å². The molecule has 3 rings (SSSR count). The summed E-state index contributed by atoms with van der Waals surface area (Å²) >= 11 is 0. The predicted octanol–water partition coefficient (Wildman–Crippen LogP) is 2.27. The number of hydrogen-bond donors (Lipinski definition) is 2. The lowest BCUT2D eigenvalue weighted by Crippen LogP contribution is -2.46. The molecule has 2 bridgehead atoms. The molecule has 0 spiro atoms. The number of alkyl halides is 3. The van der Waals surface area contributed by atoms with E-state index in [1.54, 1.807) is 5.32 Å². The second kappa shape index (κ2) is 5.84. The summed E-state index contributed by atoms with van der Waals surface area (Å²) in [7, 11) is 0. The number of benzene rings is 1. The van der Waals surface area contributed by atoms with Crippen LogP contribution in [-0.2, 0) is 4.79 Å². The van der Waals surface area contributed by atoms with Gasteiger partial charge in [0.2, 0.25) is 5.91 Å². The summed E-state index contributed by atoms with van der Waals surface area (Å²) in [4.78, 5) is 25.2. The summed E-state index contributed by atoms with van der Waals surface area (Å²) in [6.45, 7) is -1.48. The molecule has 0 unspecified atom stereocenters. The molecule has 2 atom stereocenters. The van der Waals surface area contributed by atoms with Gasteiger partial charge in [0.05, 0.1) is 6.54 Å². The van der Waals surface area contributed by atoms with Gasteiger partial charge in [0.15, 0.2) is 0 Å². The average Bonchev–Trinajstić information content (AvgIpc) is 3.00. The van der Waals surface area contributed by atoms with Gasteiger partial charge in [-0.25, -0.2) is 4.79 Å². The standard InChI is InChI=1S/C15H16F3N3O2/c16-15(17,18)8-19-14(23)20-13(22)7-21-11-5-6-12(21)10-4-2-1-3-9(10)11/h1-4,11-12H,5-8H2,(H2,19,20,22,23)/t11-,12-/m0/s1. The number of nitrogens with zero attached hydrogens (tertiary/aromatic N) is 1. The maximum absolute atomic E-state index is 12.0. The maximum atomic E-state index is 12.0. The van der Waals surface area contributed by atoms with Crippen LogP contribution >= 0.6 is 0 Å². The number of imide groups is 1. The zero-order chi connectivity index (χ0) is 16.6. The molecule has 3 amide bonds. The van der Waals surface area contributed by atoms with Crippen LogP contribution in [0.4, 0.5) is 18.0 Å². The van der Waals surface area contributed by atoms with Gasteiger partial charge in [-0.15, -0.1) is 0 Å². The minimum absolute atomic E-state index is 0.0105. The van der Waals surface area contributed by atoms with Gasteiger partial charge in [0, 0.05) is 12.1 Å². The summed E-state index contributed by atoms with van der Waals surface area (Å²) in [5, 5.41) is 3.56. The Morgan fingerprint density at radius 1 is 1.13 bits per heavy atom. The number of carbonyl (C=O) groups is 2. The first kappa shape index (κ1) is 15.8. The largest absolute Gasteiger partial charge is 0.405 e. The zero-order valence-electron chi connectivity index (χ0n) is 12.2. The Bertz CT molecular complexity index is 602. The van der Waals surface area contributed by atoms with Crippen molar-refractivity contribution in [2.45, 2.75) is 31.1 Å². The van der Waals surface area contributed by atoms with Crippen LogP contribution < -0.4 is 10.6 Å². The van der Waals surface area contributed by atoms with Crippen molar-refractivity contribution in [3.05, 3.63) is 35.4 Å². The molecule has 2 N–H and O–H groups in total. The van der Waals surface area contributed by atoms with Crippen LogP contribution in [0.2, 0.25) is 0 Å². The van der Waals surface area contributed by atoms with Gasteiger partial charge < -0.3 is 5.32 Å². The summed E-state index contributed by atoms with van der Waals surface area (Å²) in [5.74, 6) is -0.602. The van der Waals surface area contributed by atoms with Crippen molar-refractivity contribution < 1.29 is 22.8 Å². The van der Waals surface area contributed by atoms with Crippen molar-refractivity contribution in [3.8, 4) is 0 Å². The highest BCUT2D eigenvalue weighted by Crippen LogP contribution is 2.52. The first-order valence-corrected chi connectivity index (χ1v) is 7.34. The van der Waals surface area contributed by atoms with E-state index < -0.39 is 24.7 Å². The van der Waals surface area contributed by atoms with Gasteiger partial charge in [0.1, 0.15) is 6.54 Å². The molecular weight excluding hydrogens is 311 g/mol. The quantitative estimate of drug-likeness (QED) is 0.895. The van der Waals surface area contributed by atoms with Crippen molar-refractivity contribution in [1.82, 2.24) is 15.5 Å². The van der Waals surface area contributed by atoms with E-state index in [0.717, 1.165) is 12.8 Å². The number of rotatable bonds is 3. The summed E-state index contributed by atoms with van der Waals surface area (Å²) in [6.07, 6.45) is -2.62. The van der Waals surface area contributed by atoms with Crippen LogP contribution in [0.3, 0.4) is 0 Å². The van der Waals surface area contributed by atoms with E-state index in [4.69, 9.17) is 0 Å². The fourth-order valence-electron chi connectivity index (χ4n) is 3.43. The van der Waals surface area contributed by atoms with Crippen molar-refractivity contribution in [3.63, 3.8) is 0 Å². The predicted molar refractivity (Wildman–Crippen MR) is 75.5 cm³/mol. The van der Waals surface area contributed by atoms with Crippen LogP contribution in [0.25, 0.3) is 0 Å². The molecule has 0 aliphatic carbocycles. The van der Waals surface area contributed by atoms with Crippen molar-refractivity contribution >= 4 is 11.9 Å². The third-order valence-corrected chi connectivity index (χ3v) is 4.26. The monoisotopic (exact) mass is 327 g/mol. The van der Waals surface area contributed by atoms with Gasteiger partial charge >= 0.3 is 12.2 Å². The van der Waals surface area contributed by atoms with E-state index in [0.29, 0.717) is 0 Å². The van der Waals surface area contributed by atoms with Gasteiger partial charge in [-0.05, 0) is 24.0 Å². The summed E-state index contributed by atoms with van der Waals surface area (Å²) < 4.78 is 36.0. The van der Waals surface area contributed by atoms with Crippen molar-refractivity contribution in [2.75, 3.05) is 13.1 Å². The molecule has 5 nitrogen and oxygen atoms in total. The number of hydrogen-bond acceptors (Lipinski definition) is 3. The van der Waals surface area contributed by atoms with Gasteiger partial charge in [-0.2, -0.15) is 13.2 Å². The molecule has 2 heterocycles. The van der Waals surface area contributed by atoms with E-state index in [1.807, 2.05) is 34.5 Å². The third-order valence-electron chi connectivity index (χ3n) is 4.26. The van der Waals surface area contributed by atoms with Crippen molar-refractivity contribution in [2.24, 2.45) is 0 Å². The lowest BCUT2D eigenvalue weighted by Gasteiger charge is -2.21. The topological polar surface area (TPSA) is 61.4 Å². The van der Waals surface area contributed by atoms with Gasteiger partial charge in [-0.1, -0.05) is 24.3 Å². The van der Waals surface area contributed by atoms with Crippen LogP contribution in [0.1, 0.15) is 36.1 Å². The first-order chi connectivity index (χ1) is 10.8. The first-order valence-electron chi connectivity index (χ1n) is 7.34. The highest BCUT2D eigenvalue weighted by Gasteiger charge is 2.44. The highest BCUT2D eigenvalue weighted by atomic mass is 19.4. The Morgan fingerprint density at radius 2 is 1.70 bits per heavy atom. The second-order valence-corrected chi connectivity index (χ2v) is 5.76. The smallest absolute Gasteiger partial charge is 0.329 e. The molecule has 1 saturated heterocycles. The molecule has 2 aliphatic rings. The van der Waals surface area contributed by atoms with Crippen LogP contribution in [0, 0.1) is 0 Å². The number of fused-ring (bicyclic) bond motifs is 5. The Hall–Kier alpha value is -2.09. The fourth-order valence-corrected chi connectivity index (χ4v) is 3.43. The molecule has 1 aromatic carbocycles. The van der Waals surface area contributed by atoms with Crippen molar-refractivity contribution in [1.29, 1.82) is 0 Å². The van der Waals surface area contributed by atoms with E-state index in [1.165, 1.54) is 11.1 Å². The molecule has 8 heteroatoms. The van der Waals surface area contributed by atoms with Gasteiger partial charge in [-0.3, -0.25) is 15.0 Å². The van der Waals surface area contributed by atoms with Gasteiger partial charge in [0.25, 0.3) is 0 Å². The SMILES string of the molecule is O=C(CN1[C@H]2CC[C@H]1c1ccccc12)NC(=O)NCC(F)(F)F. The number of carbonyl (C=O) groups excluding carboxylic acids is 2.